The highest BCUT2D eigenvalue weighted by Gasteiger charge is 2.24. The third-order valence-electron chi connectivity index (χ3n) is 4.94. The van der Waals surface area contributed by atoms with Crippen LogP contribution in [0.2, 0.25) is 0 Å². The second kappa shape index (κ2) is 12.7. The molecule has 0 spiro atoms. The Labute approximate surface area is 190 Å². The normalized spacial score (nSPS) is 16.0. The van der Waals surface area contributed by atoms with Crippen molar-refractivity contribution >= 4 is 29.9 Å². The zero-order valence-corrected chi connectivity index (χ0v) is 19.6. The number of hydrogen-bond acceptors (Lipinski definition) is 5. The van der Waals surface area contributed by atoms with Gasteiger partial charge >= 0.3 is 0 Å². The van der Waals surface area contributed by atoms with Crippen LogP contribution in [0.4, 0.5) is 0 Å². The monoisotopic (exact) mass is 513 g/mol. The molecule has 7 nitrogen and oxygen atoms in total. The molecule has 0 aliphatic carbocycles. The molecule has 29 heavy (non-hydrogen) atoms. The Hall–Kier alpha value is -1.81. The van der Waals surface area contributed by atoms with Crippen LogP contribution in [0.25, 0.3) is 0 Å². The van der Waals surface area contributed by atoms with Crippen molar-refractivity contribution in [1.29, 1.82) is 0 Å². The van der Waals surface area contributed by atoms with Gasteiger partial charge in [-0.2, -0.15) is 0 Å². The Balaban J connectivity index is 0.00000300. The minimum atomic E-state index is 0. The molecule has 1 saturated heterocycles. The van der Waals surface area contributed by atoms with Gasteiger partial charge in [-0.25, -0.2) is 9.98 Å². The minimum Gasteiger partial charge on any atom is -0.481 e. The molecular weight excluding hydrogens is 481 g/mol. The van der Waals surface area contributed by atoms with E-state index in [1.165, 1.54) is 19.3 Å². The van der Waals surface area contributed by atoms with E-state index in [0.29, 0.717) is 12.4 Å². The lowest BCUT2D eigenvalue weighted by molar-refractivity contribution is 0.146. The highest BCUT2D eigenvalue weighted by Crippen LogP contribution is 2.24. The summed E-state index contributed by atoms with van der Waals surface area (Å²) in [6.07, 6.45) is 7.30. The Kier molecular flexibility index (Phi) is 10.3. The zero-order chi connectivity index (χ0) is 19.6. The van der Waals surface area contributed by atoms with Gasteiger partial charge in [-0.15, -0.1) is 24.0 Å². The highest BCUT2D eigenvalue weighted by atomic mass is 127. The molecule has 1 aliphatic heterocycles. The predicted octanol–water partition coefficient (Wildman–Crippen LogP) is 3.58. The summed E-state index contributed by atoms with van der Waals surface area (Å²) in [5, 5.41) is 6.82. The smallest absolute Gasteiger partial charge is 0.213 e. The van der Waals surface area contributed by atoms with Gasteiger partial charge in [0.25, 0.3) is 0 Å². The lowest BCUT2D eigenvalue weighted by atomic mass is 10.1. The second-order valence-electron chi connectivity index (χ2n) is 6.91. The summed E-state index contributed by atoms with van der Waals surface area (Å²) in [6, 6.07) is 8.10. The van der Waals surface area contributed by atoms with Gasteiger partial charge in [0.2, 0.25) is 5.88 Å². The fourth-order valence-corrected chi connectivity index (χ4v) is 3.49. The van der Waals surface area contributed by atoms with Crippen LogP contribution in [0.15, 0.2) is 46.1 Å². The number of nitrogens with zero attached hydrogens (tertiary/aromatic N) is 3. The van der Waals surface area contributed by atoms with E-state index in [0.717, 1.165) is 43.5 Å². The quantitative estimate of drug-likeness (QED) is 0.320. The first-order valence-corrected chi connectivity index (χ1v) is 10.1. The highest BCUT2D eigenvalue weighted by molar-refractivity contribution is 14.0. The van der Waals surface area contributed by atoms with E-state index >= 15 is 0 Å². The molecule has 3 heterocycles. The van der Waals surface area contributed by atoms with Gasteiger partial charge in [-0.05, 0) is 56.6 Å². The Morgan fingerprint density at radius 2 is 2.10 bits per heavy atom. The third kappa shape index (κ3) is 7.18. The number of halogens is 1. The molecule has 2 aromatic heterocycles. The van der Waals surface area contributed by atoms with E-state index in [-0.39, 0.29) is 30.0 Å². The largest absolute Gasteiger partial charge is 0.481 e. The Morgan fingerprint density at radius 1 is 1.28 bits per heavy atom. The van der Waals surface area contributed by atoms with Crippen molar-refractivity contribution in [3.63, 3.8) is 0 Å². The fraction of sp³-hybridized carbons (Fsp3) is 0.524. The van der Waals surface area contributed by atoms with Crippen LogP contribution in [0, 0.1) is 0 Å². The van der Waals surface area contributed by atoms with Gasteiger partial charge in [0.15, 0.2) is 5.96 Å². The van der Waals surface area contributed by atoms with Crippen molar-refractivity contribution in [2.45, 2.75) is 38.8 Å². The summed E-state index contributed by atoms with van der Waals surface area (Å²) in [5.74, 6) is 2.41. The first-order valence-electron chi connectivity index (χ1n) is 10.1. The molecule has 0 bridgehead atoms. The Bertz CT molecular complexity index is 732. The number of aliphatic imine (C=N–C) groups is 1. The number of rotatable bonds is 8. The number of piperidine rings is 1. The molecule has 1 unspecified atom stereocenters. The average Bonchev–Trinajstić information content (AvgIpc) is 3.27. The van der Waals surface area contributed by atoms with E-state index in [1.807, 2.05) is 18.2 Å². The average molecular weight is 513 g/mol. The molecule has 8 heteroatoms. The molecule has 2 N–H and O–H groups in total. The summed E-state index contributed by atoms with van der Waals surface area (Å²) in [4.78, 5) is 11.4. The molecule has 160 valence electrons. The fourth-order valence-electron chi connectivity index (χ4n) is 3.49. The lowest BCUT2D eigenvalue weighted by Gasteiger charge is -2.33. The van der Waals surface area contributed by atoms with Crippen LogP contribution in [-0.4, -0.2) is 49.1 Å². The number of aromatic nitrogens is 1. The van der Waals surface area contributed by atoms with E-state index in [2.05, 4.69) is 33.5 Å². The molecular formula is C21H32IN5O2. The van der Waals surface area contributed by atoms with Crippen LogP contribution in [-0.2, 0) is 6.54 Å². The summed E-state index contributed by atoms with van der Waals surface area (Å²) in [6.45, 7) is 6.40. The number of hydrogen-bond donors (Lipinski definition) is 2. The van der Waals surface area contributed by atoms with Gasteiger partial charge in [-0.3, -0.25) is 4.90 Å². The van der Waals surface area contributed by atoms with E-state index in [9.17, 15) is 0 Å². The second-order valence-corrected chi connectivity index (χ2v) is 6.91. The molecule has 0 saturated carbocycles. The van der Waals surface area contributed by atoms with Crippen molar-refractivity contribution in [2.75, 3.05) is 33.3 Å². The SMILES string of the molecule is CCNC(=NCc1ccnc(OC)c1)NCC(c1ccco1)N1CCCCC1.I. The molecule has 2 aromatic rings. The topological polar surface area (TPSA) is 74.9 Å². The van der Waals surface area contributed by atoms with Gasteiger partial charge in [0, 0.05) is 25.4 Å². The van der Waals surface area contributed by atoms with E-state index < -0.39 is 0 Å². The summed E-state index contributed by atoms with van der Waals surface area (Å²) < 4.78 is 10.9. The van der Waals surface area contributed by atoms with Crippen molar-refractivity contribution in [3.8, 4) is 5.88 Å². The van der Waals surface area contributed by atoms with Gasteiger partial charge < -0.3 is 19.8 Å². The number of nitrogens with one attached hydrogen (secondary N) is 2. The summed E-state index contributed by atoms with van der Waals surface area (Å²) in [7, 11) is 1.62. The molecule has 0 amide bonds. The Morgan fingerprint density at radius 3 is 2.79 bits per heavy atom. The molecule has 3 rings (SSSR count). The standard InChI is InChI=1S/C21H31N5O2.HI/c1-3-22-21(24-15-17-9-10-23-20(14-17)27-2)25-16-18(19-8-7-13-28-19)26-11-5-4-6-12-26;/h7-10,13-14,18H,3-6,11-12,15-16H2,1-2H3,(H2,22,24,25);1H. The van der Waals surface area contributed by atoms with Crippen LogP contribution >= 0.6 is 24.0 Å². The maximum Gasteiger partial charge on any atom is 0.213 e. The maximum absolute atomic E-state index is 5.73. The molecule has 0 aromatic carbocycles. The van der Waals surface area contributed by atoms with Gasteiger partial charge in [0.1, 0.15) is 5.76 Å². The minimum absolute atomic E-state index is 0. The molecule has 1 atom stereocenters. The van der Waals surface area contributed by atoms with Crippen LogP contribution in [0.1, 0.15) is 43.6 Å². The zero-order valence-electron chi connectivity index (χ0n) is 17.3. The third-order valence-corrected chi connectivity index (χ3v) is 4.94. The molecule has 1 fully saturated rings. The van der Waals surface area contributed by atoms with Crippen LogP contribution in [0.5, 0.6) is 5.88 Å². The summed E-state index contributed by atoms with van der Waals surface area (Å²) in [5.41, 5.74) is 1.06. The van der Waals surface area contributed by atoms with E-state index in [1.54, 1.807) is 19.6 Å². The van der Waals surface area contributed by atoms with Crippen molar-refractivity contribution in [3.05, 3.63) is 48.0 Å². The van der Waals surface area contributed by atoms with E-state index in [4.69, 9.17) is 14.1 Å². The number of pyridine rings is 1. The van der Waals surface area contributed by atoms with Crippen LogP contribution in [0.3, 0.4) is 0 Å². The van der Waals surface area contributed by atoms with Crippen molar-refractivity contribution in [1.82, 2.24) is 20.5 Å². The number of ether oxygens (including phenoxy) is 1. The summed E-state index contributed by atoms with van der Waals surface area (Å²) >= 11 is 0. The number of furan rings is 1. The number of guanidine groups is 1. The predicted molar refractivity (Wildman–Crippen MR) is 126 cm³/mol. The van der Waals surface area contributed by atoms with Crippen molar-refractivity contribution in [2.24, 2.45) is 4.99 Å². The number of likely N-dealkylation sites (tertiary alicyclic amines) is 1. The van der Waals surface area contributed by atoms with Crippen molar-refractivity contribution < 1.29 is 9.15 Å². The van der Waals surface area contributed by atoms with Gasteiger partial charge in [-0.1, -0.05) is 6.42 Å². The molecule has 0 radical (unpaired) electrons. The maximum atomic E-state index is 5.73. The number of methoxy groups -OCH3 is 1. The first-order chi connectivity index (χ1) is 13.8. The van der Waals surface area contributed by atoms with Crippen LogP contribution < -0.4 is 15.4 Å². The lowest BCUT2D eigenvalue weighted by Crippen LogP contribution is -2.44. The van der Waals surface area contributed by atoms with Gasteiger partial charge in [0.05, 0.1) is 26.0 Å². The molecule has 1 aliphatic rings. The first kappa shape index (κ1) is 23.5.